The fraction of sp³-hybridized carbons (Fsp3) is 0.696. The molecule has 4 unspecified atom stereocenters. The van der Waals surface area contributed by atoms with Crippen LogP contribution in [0, 0.1) is 7.43 Å². The monoisotopic (exact) mass is 479 g/mol. The molecule has 4 atom stereocenters. The second-order valence-corrected chi connectivity index (χ2v) is 7.92. The summed E-state index contributed by atoms with van der Waals surface area (Å²) in [6.45, 7) is 10.8. The van der Waals surface area contributed by atoms with E-state index in [4.69, 9.17) is 10.9 Å². The molecular weight excluding hydrogens is 435 g/mol. The van der Waals surface area contributed by atoms with Gasteiger partial charge in [0.2, 0.25) is 0 Å². The molecule has 8 heteroatoms. The summed E-state index contributed by atoms with van der Waals surface area (Å²) in [6, 6.07) is 1.64. The van der Waals surface area contributed by atoms with Crippen LogP contribution in [0.1, 0.15) is 59.8 Å². The van der Waals surface area contributed by atoms with Crippen molar-refractivity contribution < 1.29 is 22.0 Å². The third kappa shape index (κ3) is 15.3. The molecule has 2 aliphatic rings. The van der Waals surface area contributed by atoms with E-state index in [0.717, 1.165) is 24.7 Å². The van der Waals surface area contributed by atoms with Crippen molar-refractivity contribution in [1.29, 1.82) is 0 Å². The van der Waals surface area contributed by atoms with Crippen molar-refractivity contribution in [2.24, 2.45) is 15.9 Å². The SMILES string of the molecule is CC(=NCCC1C=CC=C[N-]1)/C(C)=N/O.CC(N)C(C)NCCC1CCCCN1.[CH3-].[Co]. The molecule has 183 valence electrons. The van der Waals surface area contributed by atoms with Crippen LogP contribution >= 0.6 is 0 Å². The Morgan fingerprint density at radius 3 is 2.52 bits per heavy atom. The van der Waals surface area contributed by atoms with Gasteiger partial charge in [-0.3, -0.25) is 4.99 Å². The molecule has 5 N–H and O–H groups in total. The number of hydrogen-bond acceptors (Lipinski definition) is 6. The number of nitrogens with zero attached hydrogens (tertiary/aromatic N) is 3. The molecule has 31 heavy (non-hydrogen) atoms. The third-order valence-corrected chi connectivity index (χ3v) is 5.42. The third-order valence-electron chi connectivity index (χ3n) is 5.42. The van der Waals surface area contributed by atoms with Crippen LogP contribution in [0.3, 0.4) is 0 Å². The van der Waals surface area contributed by atoms with Gasteiger partial charge in [-0.25, -0.2) is 0 Å². The topological polar surface area (TPSA) is 109 Å². The Kier molecular flexibility index (Phi) is 20.1. The molecule has 1 radical (unpaired) electrons. The maximum absolute atomic E-state index is 8.52. The van der Waals surface area contributed by atoms with E-state index >= 15 is 0 Å². The molecule has 0 bridgehead atoms. The molecule has 0 aromatic carbocycles. The molecule has 2 aliphatic heterocycles. The number of piperidine rings is 1. The maximum atomic E-state index is 8.52. The minimum absolute atomic E-state index is 0. The molecule has 0 aromatic heterocycles. The molecule has 1 saturated heterocycles. The van der Waals surface area contributed by atoms with Gasteiger partial charge in [0, 0.05) is 41.4 Å². The van der Waals surface area contributed by atoms with Crippen LogP contribution in [0.5, 0.6) is 0 Å². The average molecular weight is 480 g/mol. The second-order valence-electron chi connectivity index (χ2n) is 7.92. The van der Waals surface area contributed by atoms with Crippen molar-refractivity contribution in [3.8, 4) is 0 Å². The predicted molar refractivity (Wildman–Crippen MR) is 131 cm³/mol. The number of aliphatic imine (C=N–C) groups is 1. The fourth-order valence-electron chi connectivity index (χ4n) is 3.02. The number of nitrogens with two attached hydrogens (primary N) is 1. The summed E-state index contributed by atoms with van der Waals surface area (Å²) in [7, 11) is 0. The summed E-state index contributed by atoms with van der Waals surface area (Å²) in [4.78, 5) is 4.30. The largest absolute Gasteiger partial charge is 0.685 e. The zero-order chi connectivity index (χ0) is 21.5. The molecule has 0 spiro atoms. The predicted octanol–water partition coefficient (Wildman–Crippen LogP) is 3.80. The Labute approximate surface area is 200 Å². The minimum atomic E-state index is 0. The summed E-state index contributed by atoms with van der Waals surface area (Å²) >= 11 is 0. The van der Waals surface area contributed by atoms with E-state index in [1.54, 1.807) is 6.92 Å². The van der Waals surface area contributed by atoms with Crippen molar-refractivity contribution in [1.82, 2.24) is 10.6 Å². The zero-order valence-electron chi connectivity index (χ0n) is 20.0. The molecule has 1 fully saturated rings. The van der Waals surface area contributed by atoms with Gasteiger partial charge in [0.05, 0.1) is 11.4 Å². The Morgan fingerprint density at radius 2 is 1.97 bits per heavy atom. The van der Waals surface area contributed by atoms with Crippen LogP contribution in [0.4, 0.5) is 0 Å². The first kappa shape index (κ1) is 32.0. The summed E-state index contributed by atoms with van der Waals surface area (Å²) < 4.78 is 0. The van der Waals surface area contributed by atoms with Gasteiger partial charge in [0.25, 0.3) is 0 Å². The Balaban J connectivity index is 0. The maximum Gasteiger partial charge on any atom is 0.0971 e. The van der Waals surface area contributed by atoms with E-state index in [1.165, 1.54) is 32.2 Å². The average Bonchev–Trinajstić information content (AvgIpc) is 2.75. The summed E-state index contributed by atoms with van der Waals surface area (Å²) in [6.07, 6.45) is 14.0. The first-order chi connectivity index (χ1) is 13.9. The molecule has 2 rings (SSSR count). The van der Waals surface area contributed by atoms with E-state index in [2.05, 4.69) is 46.0 Å². The number of rotatable bonds is 9. The summed E-state index contributed by atoms with van der Waals surface area (Å²) in [5.74, 6) is 0. The van der Waals surface area contributed by atoms with Gasteiger partial charge >= 0.3 is 0 Å². The smallest absolute Gasteiger partial charge is 0.0971 e. The Hall–Kier alpha value is -1.19. The van der Waals surface area contributed by atoms with E-state index in [1.807, 2.05) is 25.3 Å². The molecule has 0 amide bonds. The van der Waals surface area contributed by atoms with Gasteiger partial charge in [0.1, 0.15) is 0 Å². The van der Waals surface area contributed by atoms with E-state index < -0.39 is 0 Å². The molecule has 2 heterocycles. The number of hydrogen-bond donors (Lipinski definition) is 4. The van der Waals surface area contributed by atoms with Gasteiger partial charge in [-0.05, 0) is 66.5 Å². The summed E-state index contributed by atoms with van der Waals surface area (Å²) in [5, 5.41) is 22.9. The molecule has 0 saturated carbocycles. The zero-order valence-corrected chi connectivity index (χ0v) is 21.0. The van der Waals surface area contributed by atoms with Crippen LogP contribution in [-0.2, 0) is 16.8 Å². The Morgan fingerprint density at radius 1 is 1.23 bits per heavy atom. The van der Waals surface area contributed by atoms with E-state index in [-0.39, 0.29) is 36.3 Å². The second kappa shape index (κ2) is 19.5. The number of allylic oxidation sites excluding steroid dienone is 2. The molecule has 7 nitrogen and oxygen atoms in total. The van der Waals surface area contributed by atoms with Gasteiger partial charge < -0.3 is 34.3 Å². The molecule has 0 aromatic rings. The number of nitrogens with one attached hydrogen (secondary N) is 2. The fourth-order valence-corrected chi connectivity index (χ4v) is 3.02. The first-order valence-electron chi connectivity index (χ1n) is 10.9. The van der Waals surface area contributed by atoms with Crippen LogP contribution in [0.2, 0.25) is 0 Å². The van der Waals surface area contributed by atoms with Gasteiger partial charge in [-0.15, -0.1) is 0 Å². The first-order valence-corrected chi connectivity index (χ1v) is 10.9. The van der Waals surface area contributed by atoms with Crippen LogP contribution in [-0.4, -0.2) is 60.4 Å². The van der Waals surface area contributed by atoms with Crippen molar-refractivity contribution in [3.63, 3.8) is 0 Å². The van der Waals surface area contributed by atoms with Gasteiger partial charge in [0.15, 0.2) is 0 Å². The summed E-state index contributed by atoms with van der Waals surface area (Å²) in [5.41, 5.74) is 7.11. The van der Waals surface area contributed by atoms with Crippen molar-refractivity contribution in [2.75, 3.05) is 19.6 Å². The number of oxime groups is 1. The van der Waals surface area contributed by atoms with Gasteiger partial charge in [-0.2, -0.15) is 6.20 Å². The molecule has 0 aliphatic carbocycles. The van der Waals surface area contributed by atoms with E-state index in [9.17, 15) is 0 Å². The van der Waals surface area contributed by atoms with Crippen LogP contribution in [0.25, 0.3) is 5.32 Å². The van der Waals surface area contributed by atoms with Crippen LogP contribution < -0.4 is 16.4 Å². The van der Waals surface area contributed by atoms with Crippen molar-refractivity contribution in [2.45, 2.75) is 84.0 Å². The Bertz CT molecular complexity index is 556. The quantitative estimate of drug-likeness (QED) is 0.175. The standard InChI is InChI=1S/C11H16N3O.C11H25N3.CH3.Co/c1-9(10(2)14-15)12-8-6-11-5-3-4-7-13-11;1-9(12)10(2)13-8-6-11-5-3-4-7-14-11;;/h3-5,7,11,15H,6,8H2,1-2H3;9-11,13-14H,3-8,12H2,1-2H3;1H3;/q-1;;-1;/b12-9?,14-10+;;;. The minimum Gasteiger partial charge on any atom is -0.685 e. The normalized spacial score (nSPS) is 22.7. The van der Waals surface area contributed by atoms with E-state index in [0.29, 0.717) is 18.3 Å². The van der Waals surface area contributed by atoms with Crippen LogP contribution in [0.15, 0.2) is 34.6 Å². The van der Waals surface area contributed by atoms with Crippen molar-refractivity contribution >= 4 is 11.4 Å². The molecular formula is C23H44CoN6O-2. The van der Waals surface area contributed by atoms with Crippen molar-refractivity contribution in [3.05, 3.63) is 37.2 Å². The van der Waals surface area contributed by atoms with Gasteiger partial charge in [-0.1, -0.05) is 35.8 Å².